The van der Waals surface area contributed by atoms with Gasteiger partial charge in [0.25, 0.3) is 5.91 Å². The van der Waals surface area contributed by atoms with Crippen LogP contribution in [-0.2, 0) is 27.4 Å². The molecule has 1 N–H and O–H groups in total. The normalized spacial score (nSPS) is 11.4. The number of benzene rings is 4. The SMILES string of the molecule is Cc1ccccc1CCN(C=C=CCC(=O)O)C(=O)C(OCc1ccccc1)c1cccc2ccccc12. The molecule has 192 valence electrons. The Labute approximate surface area is 223 Å². The fraction of sp³-hybridized carbons (Fsp3) is 0.182. The van der Waals surface area contributed by atoms with Gasteiger partial charge in [-0.2, -0.15) is 0 Å². The van der Waals surface area contributed by atoms with Crippen LogP contribution in [0.4, 0.5) is 0 Å². The lowest BCUT2D eigenvalue weighted by atomic mass is 9.99. The Balaban J connectivity index is 1.69. The molecule has 1 amide bonds. The van der Waals surface area contributed by atoms with Crippen LogP contribution in [0.2, 0.25) is 0 Å². The number of carboxylic acid groups (broad SMARTS) is 1. The Kier molecular flexibility index (Phi) is 9.25. The van der Waals surface area contributed by atoms with Crippen molar-refractivity contribution in [2.24, 2.45) is 0 Å². The van der Waals surface area contributed by atoms with Crippen LogP contribution in [0.3, 0.4) is 0 Å². The maximum atomic E-state index is 14.1. The summed E-state index contributed by atoms with van der Waals surface area (Å²) in [5.74, 6) is -1.19. The molecule has 0 aliphatic heterocycles. The van der Waals surface area contributed by atoms with Crippen LogP contribution in [-0.4, -0.2) is 28.4 Å². The van der Waals surface area contributed by atoms with Crippen molar-refractivity contribution in [2.45, 2.75) is 32.5 Å². The fourth-order valence-electron chi connectivity index (χ4n) is 4.34. The Morgan fingerprint density at radius 1 is 0.921 bits per heavy atom. The molecule has 1 atom stereocenters. The first-order valence-electron chi connectivity index (χ1n) is 12.6. The summed E-state index contributed by atoms with van der Waals surface area (Å²) in [5, 5.41) is 11.0. The zero-order valence-corrected chi connectivity index (χ0v) is 21.4. The first-order chi connectivity index (χ1) is 18.5. The molecule has 0 heterocycles. The van der Waals surface area contributed by atoms with E-state index in [0.29, 0.717) is 13.0 Å². The largest absolute Gasteiger partial charge is 0.481 e. The van der Waals surface area contributed by atoms with E-state index in [1.165, 1.54) is 12.3 Å². The van der Waals surface area contributed by atoms with E-state index in [2.05, 4.69) is 11.8 Å². The lowest BCUT2D eigenvalue weighted by Crippen LogP contribution is -2.34. The Morgan fingerprint density at radius 2 is 1.63 bits per heavy atom. The van der Waals surface area contributed by atoms with Crippen molar-refractivity contribution in [1.29, 1.82) is 0 Å². The van der Waals surface area contributed by atoms with Gasteiger partial charge in [-0.1, -0.05) is 97.1 Å². The van der Waals surface area contributed by atoms with Gasteiger partial charge in [0.2, 0.25) is 0 Å². The average molecular weight is 506 g/mol. The van der Waals surface area contributed by atoms with Gasteiger partial charge in [0.15, 0.2) is 6.10 Å². The number of hydrogen-bond donors (Lipinski definition) is 1. The van der Waals surface area contributed by atoms with E-state index in [0.717, 1.165) is 33.0 Å². The van der Waals surface area contributed by atoms with Gasteiger partial charge < -0.3 is 14.7 Å². The van der Waals surface area contributed by atoms with Gasteiger partial charge in [-0.25, -0.2) is 0 Å². The summed E-state index contributed by atoms with van der Waals surface area (Å²) in [6.07, 6.45) is 2.54. The molecule has 4 aromatic carbocycles. The number of nitrogens with zero attached hydrogens (tertiary/aromatic N) is 1. The maximum absolute atomic E-state index is 14.1. The molecule has 38 heavy (non-hydrogen) atoms. The van der Waals surface area contributed by atoms with Gasteiger partial charge in [-0.3, -0.25) is 9.59 Å². The van der Waals surface area contributed by atoms with Crippen molar-refractivity contribution in [2.75, 3.05) is 6.54 Å². The van der Waals surface area contributed by atoms with Gasteiger partial charge in [0.05, 0.1) is 13.0 Å². The van der Waals surface area contributed by atoms with Crippen molar-refractivity contribution in [3.05, 3.63) is 137 Å². The number of carboxylic acids is 1. The molecule has 4 aromatic rings. The van der Waals surface area contributed by atoms with Gasteiger partial charge in [-0.05, 0) is 52.4 Å². The van der Waals surface area contributed by atoms with Crippen LogP contribution in [0, 0.1) is 6.92 Å². The zero-order chi connectivity index (χ0) is 26.7. The molecule has 1 unspecified atom stereocenters. The van der Waals surface area contributed by atoms with Crippen molar-refractivity contribution in [1.82, 2.24) is 4.90 Å². The highest BCUT2D eigenvalue weighted by molar-refractivity contribution is 5.92. The topological polar surface area (TPSA) is 66.8 Å². The molecule has 0 spiro atoms. The minimum absolute atomic E-state index is 0.173. The second kappa shape index (κ2) is 13.2. The average Bonchev–Trinajstić information content (AvgIpc) is 2.94. The predicted molar refractivity (Wildman–Crippen MR) is 149 cm³/mol. The third kappa shape index (κ3) is 7.07. The summed E-state index contributed by atoms with van der Waals surface area (Å²) in [7, 11) is 0. The van der Waals surface area contributed by atoms with Crippen molar-refractivity contribution in [3.63, 3.8) is 0 Å². The van der Waals surface area contributed by atoms with Gasteiger partial charge in [-0.15, -0.1) is 5.73 Å². The zero-order valence-electron chi connectivity index (χ0n) is 21.4. The molecule has 0 saturated carbocycles. The fourth-order valence-corrected chi connectivity index (χ4v) is 4.34. The number of aliphatic carboxylic acids is 1. The number of amides is 1. The molecular formula is C33H31NO4. The van der Waals surface area contributed by atoms with Crippen molar-refractivity contribution >= 4 is 22.6 Å². The number of ether oxygens (including phenoxy) is 1. The third-order valence-electron chi connectivity index (χ3n) is 6.38. The first kappa shape index (κ1) is 26.6. The molecule has 0 aliphatic rings. The standard InChI is InChI=1S/C33H31NO4/c1-25-12-5-6-15-27(25)21-23-34(22-10-9-20-31(35)36)33(37)32(38-24-26-13-3-2-4-14-26)30-19-11-17-28-16-7-8-18-29(28)30/h2-9,11-19,22,32H,20-21,23-24H2,1H3,(H,35,36). The van der Waals surface area contributed by atoms with Gasteiger partial charge in [0, 0.05) is 12.7 Å². The summed E-state index contributed by atoms with van der Waals surface area (Å²) in [5.41, 5.74) is 6.92. The Bertz CT molecular complexity index is 1450. The molecule has 0 fully saturated rings. The lowest BCUT2D eigenvalue weighted by molar-refractivity contribution is -0.142. The summed E-state index contributed by atoms with van der Waals surface area (Å²) >= 11 is 0. The smallest absolute Gasteiger partial charge is 0.307 e. The summed E-state index contributed by atoms with van der Waals surface area (Å²) in [4.78, 5) is 26.7. The number of carbonyl (C=O) groups excluding carboxylic acids is 1. The molecule has 5 nitrogen and oxygen atoms in total. The maximum Gasteiger partial charge on any atom is 0.307 e. The minimum Gasteiger partial charge on any atom is -0.481 e. The van der Waals surface area contributed by atoms with Crippen LogP contribution in [0.5, 0.6) is 0 Å². The van der Waals surface area contributed by atoms with Gasteiger partial charge in [0.1, 0.15) is 0 Å². The molecule has 0 aliphatic carbocycles. The van der Waals surface area contributed by atoms with Crippen molar-refractivity contribution < 1.29 is 19.4 Å². The lowest BCUT2D eigenvalue weighted by Gasteiger charge is -2.26. The Morgan fingerprint density at radius 3 is 2.42 bits per heavy atom. The summed E-state index contributed by atoms with van der Waals surface area (Å²) in [6.45, 7) is 2.71. The molecule has 0 aromatic heterocycles. The van der Waals surface area contributed by atoms with Crippen LogP contribution < -0.4 is 0 Å². The van der Waals surface area contributed by atoms with E-state index in [1.807, 2.05) is 97.9 Å². The Hall–Kier alpha value is -4.44. The number of aryl methyl sites for hydroxylation is 1. The number of hydrogen-bond acceptors (Lipinski definition) is 3. The van der Waals surface area contributed by atoms with Crippen LogP contribution >= 0.6 is 0 Å². The molecule has 5 heteroatoms. The highest BCUT2D eigenvalue weighted by atomic mass is 16.5. The van der Waals surface area contributed by atoms with Crippen LogP contribution in [0.25, 0.3) is 10.8 Å². The quantitative estimate of drug-likeness (QED) is 0.233. The molecular weight excluding hydrogens is 474 g/mol. The summed E-state index contributed by atoms with van der Waals surface area (Å²) < 4.78 is 6.34. The predicted octanol–water partition coefficient (Wildman–Crippen LogP) is 6.62. The van der Waals surface area contributed by atoms with E-state index < -0.39 is 12.1 Å². The second-order valence-corrected chi connectivity index (χ2v) is 9.05. The van der Waals surface area contributed by atoms with E-state index in [1.54, 1.807) is 4.90 Å². The number of fused-ring (bicyclic) bond motifs is 1. The summed E-state index contributed by atoms with van der Waals surface area (Å²) in [6, 6.07) is 31.7. The van der Waals surface area contributed by atoms with E-state index in [9.17, 15) is 9.59 Å². The van der Waals surface area contributed by atoms with Crippen molar-refractivity contribution in [3.8, 4) is 0 Å². The minimum atomic E-state index is -0.955. The third-order valence-corrected chi connectivity index (χ3v) is 6.38. The molecule has 0 bridgehead atoms. The second-order valence-electron chi connectivity index (χ2n) is 9.05. The number of rotatable bonds is 11. The number of carbonyl (C=O) groups is 2. The van der Waals surface area contributed by atoms with E-state index >= 15 is 0 Å². The monoisotopic (exact) mass is 505 g/mol. The highest BCUT2D eigenvalue weighted by Crippen LogP contribution is 2.29. The first-order valence-corrected chi connectivity index (χ1v) is 12.6. The van der Waals surface area contributed by atoms with Gasteiger partial charge >= 0.3 is 5.97 Å². The molecule has 0 saturated heterocycles. The molecule has 4 rings (SSSR count). The molecule has 0 radical (unpaired) electrons. The van der Waals surface area contributed by atoms with Crippen LogP contribution in [0.1, 0.15) is 34.8 Å². The highest BCUT2D eigenvalue weighted by Gasteiger charge is 2.27. The van der Waals surface area contributed by atoms with E-state index in [4.69, 9.17) is 9.84 Å². The van der Waals surface area contributed by atoms with Crippen LogP contribution in [0.15, 0.2) is 115 Å². The van der Waals surface area contributed by atoms with E-state index in [-0.39, 0.29) is 18.9 Å².